The van der Waals surface area contributed by atoms with E-state index in [1.54, 1.807) is 33.0 Å². The number of hydrogen-bond donors (Lipinski definition) is 1. The fourth-order valence-electron chi connectivity index (χ4n) is 4.65. The van der Waals surface area contributed by atoms with Gasteiger partial charge < -0.3 is 19.5 Å². The molecule has 188 valence electrons. The van der Waals surface area contributed by atoms with Crippen molar-refractivity contribution >= 4 is 28.7 Å². The van der Waals surface area contributed by atoms with Crippen molar-refractivity contribution in [2.75, 3.05) is 32.1 Å². The summed E-state index contributed by atoms with van der Waals surface area (Å²) in [4.78, 5) is 34.5. The van der Waals surface area contributed by atoms with Crippen molar-refractivity contribution in [3.8, 4) is 6.07 Å². The van der Waals surface area contributed by atoms with Gasteiger partial charge in [0.2, 0.25) is 0 Å². The molecule has 9 nitrogen and oxygen atoms in total. The van der Waals surface area contributed by atoms with Crippen molar-refractivity contribution in [1.82, 2.24) is 19.4 Å². The number of likely N-dealkylation sites (N-methyl/N-ethyl adjacent to an activating group) is 1. The highest BCUT2D eigenvalue weighted by Gasteiger charge is 2.45. The van der Waals surface area contributed by atoms with Gasteiger partial charge in [-0.1, -0.05) is 6.07 Å². The first-order valence-corrected chi connectivity index (χ1v) is 12.2. The lowest BCUT2D eigenvalue weighted by Gasteiger charge is -2.39. The van der Waals surface area contributed by atoms with Crippen LogP contribution in [0.25, 0.3) is 11.0 Å². The van der Waals surface area contributed by atoms with Gasteiger partial charge in [-0.15, -0.1) is 0 Å². The van der Waals surface area contributed by atoms with E-state index in [1.165, 1.54) is 4.90 Å². The fourth-order valence-corrected chi connectivity index (χ4v) is 4.65. The van der Waals surface area contributed by atoms with E-state index in [9.17, 15) is 9.59 Å². The maximum atomic E-state index is 13.8. The minimum absolute atomic E-state index is 0.117. The smallest absolute Gasteiger partial charge is 0.410 e. The predicted molar refractivity (Wildman–Crippen MR) is 137 cm³/mol. The third kappa shape index (κ3) is 4.59. The van der Waals surface area contributed by atoms with Gasteiger partial charge in [0, 0.05) is 32.9 Å². The Morgan fingerprint density at radius 2 is 1.89 bits per heavy atom. The van der Waals surface area contributed by atoms with E-state index in [0.29, 0.717) is 30.8 Å². The zero-order chi connectivity index (χ0) is 25.9. The number of nitriles is 1. The molecular weight excluding hydrogens is 456 g/mol. The summed E-state index contributed by atoms with van der Waals surface area (Å²) in [6.07, 6.45) is 1.38. The number of aryl methyl sites for hydroxylation is 1. The normalized spacial score (nSPS) is 14.8. The molecule has 1 aliphatic rings. The van der Waals surface area contributed by atoms with Gasteiger partial charge in [0.05, 0.1) is 35.8 Å². The number of imidazole rings is 1. The standard InChI is InChI=1S/C27H32N6O3/c1-5-36-26(35)32(4)27(2,25(34)33-14-6-7-15-33)20-10-13-23-22(16-20)30-24(31(23)3)18-29-21-11-8-19(17-28)9-12-21/h8-13,16,29H,5-7,14-15,18H2,1-4H3/t27-/m1/s1. The number of ether oxygens (including phenoxy) is 1. The predicted octanol–water partition coefficient (Wildman–Crippen LogP) is 3.98. The molecule has 2 aromatic carbocycles. The van der Waals surface area contributed by atoms with E-state index in [2.05, 4.69) is 11.4 Å². The van der Waals surface area contributed by atoms with Crippen LogP contribution in [-0.2, 0) is 28.7 Å². The number of nitrogens with one attached hydrogen (secondary N) is 1. The number of nitrogens with zero attached hydrogens (tertiary/aromatic N) is 5. The van der Waals surface area contributed by atoms with E-state index in [0.717, 1.165) is 35.4 Å². The minimum Gasteiger partial charge on any atom is -0.450 e. The van der Waals surface area contributed by atoms with E-state index < -0.39 is 11.6 Å². The third-order valence-electron chi connectivity index (χ3n) is 7.02. The SMILES string of the molecule is CCOC(=O)N(C)[C@@](C)(C(=O)N1CCCC1)c1ccc2c(c1)nc(CNc1ccc(C#N)cc1)n2C. The molecule has 1 N–H and O–H groups in total. The van der Waals surface area contributed by atoms with Crippen molar-refractivity contribution in [3.05, 3.63) is 59.4 Å². The summed E-state index contributed by atoms with van der Waals surface area (Å²) >= 11 is 0. The molecule has 4 rings (SSSR count). The molecule has 3 aromatic rings. The number of benzene rings is 2. The van der Waals surface area contributed by atoms with Crippen LogP contribution < -0.4 is 5.32 Å². The van der Waals surface area contributed by atoms with Crippen LogP contribution in [0.5, 0.6) is 0 Å². The first-order chi connectivity index (χ1) is 17.3. The number of aromatic nitrogens is 2. The van der Waals surface area contributed by atoms with Gasteiger partial charge >= 0.3 is 6.09 Å². The molecule has 1 atom stereocenters. The monoisotopic (exact) mass is 488 g/mol. The quantitative estimate of drug-likeness (QED) is 0.540. The Morgan fingerprint density at radius 3 is 2.53 bits per heavy atom. The first kappa shape index (κ1) is 25.0. The van der Waals surface area contributed by atoms with Crippen LogP contribution in [0.15, 0.2) is 42.5 Å². The minimum atomic E-state index is -1.23. The van der Waals surface area contributed by atoms with E-state index in [-0.39, 0.29) is 12.5 Å². The largest absolute Gasteiger partial charge is 0.450 e. The van der Waals surface area contributed by atoms with Crippen LogP contribution >= 0.6 is 0 Å². The third-order valence-corrected chi connectivity index (χ3v) is 7.02. The van der Waals surface area contributed by atoms with Gasteiger partial charge in [0.15, 0.2) is 0 Å². The summed E-state index contributed by atoms with van der Waals surface area (Å²) in [5, 5.41) is 12.3. The number of rotatable bonds is 7. The van der Waals surface area contributed by atoms with E-state index in [1.807, 2.05) is 46.8 Å². The Bertz CT molecular complexity index is 1300. The van der Waals surface area contributed by atoms with E-state index >= 15 is 0 Å². The van der Waals surface area contributed by atoms with Crippen molar-refractivity contribution in [2.24, 2.45) is 7.05 Å². The summed E-state index contributed by atoms with van der Waals surface area (Å²) in [6, 6.07) is 15.1. The molecule has 0 bridgehead atoms. The maximum Gasteiger partial charge on any atom is 0.410 e. The molecule has 0 spiro atoms. The Morgan fingerprint density at radius 1 is 1.19 bits per heavy atom. The molecule has 1 aliphatic heterocycles. The van der Waals surface area contributed by atoms with Crippen LogP contribution in [0, 0.1) is 11.3 Å². The van der Waals surface area contributed by atoms with Gasteiger partial charge in [-0.05, 0) is 68.7 Å². The molecule has 1 saturated heterocycles. The van der Waals surface area contributed by atoms with Gasteiger partial charge in [-0.2, -0.15) is 5.26 Å². The molecule has 1 aromatic heterocycles. The molecule has 9 heteroatoms. The highest BCUT2D eigenvalue weighted by Crippen LogP contribution is 2.33. The molecule has 2 amide bonds. The highest BCUT2D eigenvalue weighted by molar-refractivity contribution is 5.92. The Labute approximate surface area is 211 Å². The topological polar surface area (TPSA) is 103 Å². The lowest BCUT2D eigenvalue weighted by molar-refractivity contribution is -0.141. The molecule has 0 radical (unpaired) electrons. The van der Waals surface area contributed by atoms with Crippen molar-refractivity contribution in [2.45, 2.75) is 38.8 Å². The maximum absolute atomic E-state index is 13.8. The Kier molecular flexibility index (Phi) is 7.15. The second kappa shape index (κ2) is 10.3. The van der Waals surface area contributed by atoms with Gasteiger partial charge in [0.25, 0.3) is 5.91 Å². The second-order valence-corrected chi connectivity index (χ2v) is 9.16. The van der Waals surface area contributed by atoms with Gasteiger partial charge in [-0.3, -0.25) is 9.69 Å². The van der Waals surface area contributed by atoms with Crippen molar-refractivity contribution in [3.63, 3.8) is 0 Å². The fraction of sp³-hybridized carbons (Fsp3) is 0.407. The van der Waals surface area contributed by atoms with Crippen LogP contribution in [0.4, 0.5) is 10.5 Å². The molecule has 1 fully saturated rings. The van der Waals surface area contributed by atoms with Crippen LogP contribution in [0.3, 0.4) is 0 Å². The Balaban J connectivity index is 1.66. The summed E-state index contributed by atoms with van der Waals surface area (Å²) in [5.41, 5.74) is 2.61. The molecule has 0 unspecified atom stereocenters. The second-order valence-electron chi connectivity index (χ2n) is 9.16. The average molecular weight is 489 g/mol. The highest BCUT2D eigenvalue weighted by atomic mass is 16.6. The number of carbonyl (C=O) groups is 2. The van der Waals surface area contributed by atoms with Gasteiger partial charge in [0.1, 0.15) is 11.4 Å². The Hall–Kier alpha value is -4.06. The number of likely N-dealkylation sites (tertiary alicyclic amines) is 1. The molecule has 36 heavy (non-hydrogen) atoms. The molecule has 0 aliphatic carbocycles. The summed E-state index contributed by atoms with van der Waals surface area (Å²) in [6.45, 7) is 5.61. The van der Waals surface area contributed by atoms with Crippen molar-refractivity contribution in [1.29, 1.82) is 5.26 Å². The number of amides is 2. The number of hydrogen-bond acceptors (Lipinski definition) is 6. The zero-order valence-corrected chi connectivity index (χ0v) is 21.2. The number of fused-ring (bicyclic) bond motifs is 1. The summed E-state index contributed by atoms with van der Waals surface area (Å²) < 4.78 is 7.26. The first-order valence-electron chi connectivity index (χ1n) is 12.2. The van der Waals surface area contributed by atoms with Crippen LogP contribution in [0.2, 0.25) is 0 Å². The lowest BCUT2D eigenvalue weighted by Crippen LogP contribution is -2.55. The number of anilines is 1. The van der Waals surface area contributed by atoms with Crippen LogP contribution in [-0.4, -0.2) is 58.1 Å². The number of carbonyl (C=O) groups excluding carboxylic acids is 2. The summed E-state index contributed by atoms with van der Waals surface area (Å²) in [5.74, 6) is 0.700. The average Bonchev–Trinajstić information content (AvgIpc) is 3.54. The van der Waals surface area contributed by atoms with Crippen molar-refractivity contribution < 1.29 is 14.3 Å². The van der Waals surface area contributed by atoms with E-state index in [4.69, 9.17) is 15.0 Å². The zero-order valence-electron chi connectivity index (χ0n) is 21.2. The molecular formula is C27H32N6O3. The molecule has 0 saturated carbocycles. The lowest BCUT2D eigenvalue weighted by atomic mass is 9.88. The summed E-state index contributed by atoms with van der Waals surface area (Å²) in [7, 11) is 3.56. The van der Waals surface area contributed by atoms with Crippen LogP contribution in [0.1, 0.15) is 43.6 Å². The van der Waals surface area contributed by atoms with Gasteiger partial charge in [-0.25, -0.2) is 9.78 Å². The molecule has 2 heterocycles.